The van der Waals surface area contributed by atoms with Gasteiger partial charge in [0, 0.05) is 19.5 Å². The van der Waals surface area contributed by atoms with Gasteiger partial charge in [0.1, 0.15) is 0 Å². The Bertz CT molecular complexity index is 568. The highest BCUT2D eigenvalue weighted by atomic mass is 16.2. The molecule has 0 spiro atoms. The maximum atomic E-state index is 12.5. The molecule has 1 aliphatic rings. The van der Waals surface area contributed by atoms with Crippen LogP contribution in [0.15, 0.2) is 24.3 Å². The molecule has 0 aromatic heterocycles. The van der Waals surface area contributed by atoms with Gasteiger partial charge in [0.15, 0.2) is 0 Å². The van der Waals surface area contributed by atoms with E-state index in [4.69, 9.17) is 11.5 Å². The molecule has 1 aromatic rings. The van der Waals surface area contributed by atoms with Crippen molar-refractivity contribution in [1.82, 2.24) is 5.32 Å². The summed E-state index contributed by atoms with van der Waals surface area (Å²) >= 11 is 0. The molecule has 1 saturated carbocycles. The van der Waals surface area contributed by atoms with Crippen molar-refractivity contribution in [2.75, 3.05) is 25.0 Å². The third-order valence-electron chi connectivity index (χ3n) is 4.76. The molecule has 24 heavy (non-hydrogen) atoms. The molecule has 0 bridgehead atoms. The first kappa shape index (κ1) is 18.4. The maximum Gasteiger partial charge on any atom is 0.253 e. The Morgan fingerprint density at radius 3 is 2.46 bits per heavy atom. The highest BCUT2D eigenvalue weighted by Gasteiger charge is 2.33. The molecule has 0 heterocycles. The summed E-state index contributed by atoms with van der Waals surface area (Å²) in [6.45, 7) is 1.30. The molecular weight excluding hydrogens is 304 g/mol. The van der Waals surface area contributed by atoms with E-state index in [1.54, 1.807) is 24.3 Å². The number of rotatable bonds is 7. The predicted molar refractivity (Wildman–Crippen MR) is 95.6 cm³/mol. The van der Waals surface area contributed by atoms with Crippen LogP contribution in [0.4, 0.5) is 5.69 Å². The maximum absolute atomic E-state index is 12.5. The van der Waals surface area contributed by atoms with E-state index >= 15 is 0 Å². The van der Waals surface area contributed by atoms with E-state index in [2.05, 4.69) is 10.6 Å². The molecule has 0 atom stereocenters. The minimum Gasteiger partial charge on any atom is -0.351 e. The van der Waals surface area contributed by atoms with Gasteiger partial charge in [0.25, 0.3) is 5.91 Å². The van der Waals surface area contributed by atoms with Crippen molar-refractivity contribution < 1.29 is 9.59 Å². The number of benzene rings is 1. The molecule has 6 N–H and O–H groups in total. The molecule has 0 saturated heterocycles. The van der Waals surface area contributed by atoms with Crippen LogP contribution >= 0.6 is 0 Å². The molecule has 1 aliphatic carbocycles. The lowest BCUT2D eigenvalue weighted by atomic mass is 9.71. The average molecular weight is 332 g/mol. The lowest BCUT2D eigenvalue weighted by Gasteiger charge is -2.35. The van der Waals surface area contributed by atoms with E-state index in [1.165, 1.54) is 6.42 Å². The first-order chi connectivity index (χ1) is 11.6. The standard InChI is InChI=1S/C18H28N4O2/c19-10-11-21-17(24)14-6-2-3-7-15(14)22-16(23)12-18(13-20)8-4-1-5-9-18/h2-3,6-7H,1,4-5,8-13,19-20H2,(H,21,24)(H,22,23). The van der Waals surface area contributed by atoms with Gasteiger partial charge in [0.2, 0.25) is 5.91 Å². The fraction of sp³-hybridized carbons (Fsp3) is 0.556. The number of carbonyl (C=O) groups excluding carboxylic acids is 2. The summed E-state index contributed by atoms with van der Waals surface area (Å²) in [5.74, 6) is -0.316. The van der Waals surface area contributed by atoms with Crippen LogP contribution in [0.25, 0.3) is 0 Å². The molecule has 0 aliphatic heterocycles. The van der Waals surface area contributed by atoms with E-state index in [0.29, 0.717) is 37.3 Å². The molecule has 6 heteroatoms. The molecule has 2 rings (SSSR count). The monoisotopic (exact) mass is 332 g/mol. The van der Waals surface area contributed by atoms with Crippen LogP contribution in [0, 0.1) is 5.41 Å². The third kappa shape index (κ3) is 4.79. The number of carbonyl (C=O) groups is 2. The second kappa shape index (κ2) is 8.80. The summed E-state index contributed by atoms with van der Waals surface area (Å²) in [5, 5.41) is 5.61. The molecule has 1 fully saturated rings. The molecule has 132 valence electrons. The summed E-state index contributed by atoms with van der Waals surface area (Å²) in [4.78, 5) is 24.7. The fourth-order valence-corrected chi connectivity index (χ4v) is 3.36. The Morgan fingerprint density at radius 2 is 1.79 bits per heavy atom. The van der Waals surface area contributed by atoms with Crippen LogP contribution in [-0.2, 0) is 4.79 Å². The molecule has 1 aromatic carbocycles. The predicted octanol–water partition coefficient (Wildman–Crippen LogP) is 1.61. The van der Waals surface area contributed by atoms with Crippen molar-refractivity contribution in [3.8, 4) is 0 Å². The highest BCUT2D eigenvalue weighted by Crippen LogP contribution is 2.38. The van der Waals surface area contributed by atoms with Crippen molar-refractivity contribution in [1.29, 1.82) is 0 Å². The van der Waals surface area contributed by atoms with Crippen LogP contribution in [0.2, 0.25) is 0 Å². The Labute approximate surface area is 143 Å². The number of nitrogens with two attached hydrogens (primary N) is 2. The Morgan fingerprint density at radius 1 is 1.08 bits per heavy atom. The van der Waals surface area contributed by atoms with E-state index in [-0.39, 0.29) is 17.2 Å². The SMILES string of the molecule is NCCNC(=O)c1ccccc1NC(=O)CC1(CN)CCCCC1. The molecule has 0 radical (unpaired) electrons. The summed E-state index contributed by atoms with van der Waals surface area (Å²) in [7, 11) is 0. The average Bonchev–Trinajstić information content (AvgIpc) is 2.60. The minimum absolute atomic E-state index is 0.0820. The number of nitrogens with one attached hydrogen (secondary N) is 2. The van der Waals surface area contributed by atoms with E-state index in [9.17, 15) is 9.59 Å². The lowest BCUT2D eigenvalue weighted by Crippen LogP contribution is -2.37. The molecule has 6 nitrogen and oxygen atoms in total. The van der Waals surface area contributed by atoms with Gasteiger partial charge < -0.3 is 22.1 Å². The first-order valence-electron chi connectivity index (χ1n) is 8.67. The first-order valence-corrected chi connectivity index (χ1v) is 8.67. The van der Waals surface area contributed by atoms with Gasteiger partial charge in [-0.3, -0.25) is 9.59 Å². The highest BCUT2D eigenvalue weighted by molar-refractivity contribution is 6.03. The van der Waals surface area contributed by atoms with Gasteiger partial charge in [-0.25, -0.2) is 0 Å². The Hall–Kier alpha value is -1.92. The zero-order valence-corrected chi connectivity index (χ0v) is 14.1. The second-order valence-electron chi connectivity index (χ2n) is 6.58. The van der Waals surface area contributed by atoms with Gasteiger partial charge in [-0.2, -0.15) is 0 Å². The van der Waals surface area contributed by atoms with E-state index in [0.717, 1.165) is 25.7 Å². The summed E-state index contributed by atoms with van der Waals surface area (Å²) in [6.07, 6.45) is 5.87. The number of hydrogen-bond donors (Lipinski definition) is 4. The molecule has 2 amide bonds. The van der Waals surface area contributed by atoms with Crippen LogP contribution in [-0.4, -0.2) is 31.4 Å². The van der Waals surface area contributed by atoms with Crippen LogP contribution in [0.3, 0.4) is 0 Å². The van der Waals surface area contributed by atoms with Gasteiger partial charge in [-0.15, -0.1) is 0 Å². The van der Waals surface area contributed by atoms with Crippen LogP contribution in [0.5, 0.6) is 0 Å². The largest absolute Gasteiger partial charge is 0.351 e. The summed E-state index contributed by atoms with van der Waals surface area (Å²) in [6, 6.07) is 7.01. The number of anilines is 1. The van der Waals surface area contributed by atoms with Gasteiger partial charge in [-0.05, 0) is 36.9 Å². The Balaban J connectivity index is 2.04. The van der Waals surface area contributed by atoms with E-state index < -0.39 is 0 Å². The van der Waals surface area contributed by atoms with Gasteiger partial charge >= 0.3 is 0 Å². The topological polar surface area (TPSA) is 110 Å². The molecular formula is C18H28N4O2. The van der Waals surface area contributed by atoms with Crippen molar-refractivity contribution >= 4 is 17.5 Å². The fourth-order valence-electron chi connectivity index (χ4n) is 3.36. The zero-order chi connectivity index (χ0) is 17.4. The van der Waals surface area contributed by atoms with Crippen LogP contribution in [0.1, 0.15) is 48.9 Å². The van der Waals surface area contributed by atoms with Crippen molar-refractivity contribution in [2.24, 2.45) is 16.9 Å². The van der Waals surface area contributed by atoms with Gasteiger partial charge in [-0.1, -0.05) is 31.4 Å². The summed E-state index contributed by atoms with van der Waals surface area (Å²) in [5.41, 5.74) is 12.2. The zero-order valence-electron chi connectivity index (χ0n) is 14.1. The number of hydrogen-bond acceptors (Lipinski definition) is 4. The van der Waals surface area contributed by atoms with Crippen molar-refractivity contribution in [3.05, 3.63) is 29.8 Å². The summed E-state index contributed by atoms with van der Waals surface area (Å²) < 4.78 is 0. The molecule has 0 unspecified atom stereocenters. The van der Waals surface area contributed by atoms with Crippen molar-refractivity contribution in [2.45, 2.75) is 38.5 Å². The third-order valence-corrected chi connectivity index (χ3v) is 4.76. The lowest BCUT2D eigenvalue weighted by molar-refractivity contribution is -0.118. The number of amides is 2. The quantitative estimate of drug-likeness (QED) is 0.608. The second-order valence-corrected chi connectivity index (χ2v) is 6.58. The Kier molecular flexibility index (Phi) is 6.75. The minimum atomic E-state index is -0.234. The normalized spacial score (nSPS) is 16.4. The van der Waals surface area contributed by atoms with Crippen molar-refractivity contribution in [3.63, 3.8) is 0 Å². The van der Waals surface area contributed by atoms with E-state index in [1.807, 2.05) is 0 Å². The smallest absolute Gasteiger partial charge is 0.253 e. The number of para-hydroxylation sites is 1. The van der Waals surface area contributed by atoms with Gasteiger partial charge in [0.05, 0.1) is 11.3 Å². The van der Waals surface area contributed by atoms with Crippen LogP contribution < -0.4 is 22.1 Å².